The highest BCUT2D eigenvalue weighted by molar-refractivity contribution is 5.76. The standard InChI is InChI=1S/C18H21N7O2/c26-17-15-5-1-2-6-16(15)21-22-25(17)27-14-4-9-23-10-12-24(13-11-23)18-19-7-3-8-20-18/h1-3,5-8H,4,9-14H2. The van der Waals surface area contributed by atoms with Gasteiger partial charge >= 0.3 is 5.56 Å². The normalized spacial score (nSPS) is 15.2. The molecule has 27 heavy (non-hydrogen) atoms. The number of hydrogen-bond acceptors (Lipinski definition) is 8. The lowest BCUT2D eigenvalue weighted by Gasteiger charge is -2.34. The van der Waals surface area contributed by atoms with Gasteiger partial charge < -0.3 is 9.74 Å². The molecule has 0 unspecified atom stereocenters. The van der Waals surface area contributed by atoms with Gasteiger partial charge in [-0.2, -0.15) is 0 Å². The van der Waals surface area contributed by atoms with Crippen LogP contribution in [0.3, 0.4) is 0 Å². The Balaban J connectivity index is 1.23. The Kier molecular flexibility index (Phi) is 5.20. The highest BCUT2D eigenvalue weighted by atomic mass is 16.7. The number of benzene rings is 1. The fraction of sp³-hybridized carbons (Fsp3) is 0.389. The molecule has 0 bridgehead atoms. The number of anilines is 1. The van der Waals surface area contributed by atoms with Crippen LogP contribution >= 0.6 is 0 Å². The van der Waals surface area contributed by atoms with E-state index in [1.54, 1.807) is 30.6 Å². The molecule has 9 heteroatoms. The van der Waals surface area contributed by atoms with Crippen molar-refractivity contribution in [1.29, 1.82) is 0 Å². The van der Waals surface area contributed by atoms with Gasteiger partial charge in [-0.1, -0.05) is 12.1 Å². The topological polar surface area (TPSA) is 89.3 Å². The van der Waals surface area contributed by atoms with Crippen LogP contribution in [0.2, 0.25) is 0 Å². The molecule has 0 saturated carbocycles. The smallest absolute Gasteiger partial charge is 0.314 e. The molecule has 0 atom stereocenters. The van der Waals surface area contributed by atoms with Crippen LogP contribution in [0.15, 0.2) is 47.5 Å². The summed E-state index contributed by atoms with van der Waals surface area (Å²) in [5.74, 6) is 0.787. The summed E-state index contributed by atoms with van der Waals surface area (Å²) < 4.78 is 0. The number of hydrogen-bond donors (Lipinski definition) is 0. The zero-order valence-electron chi connectivity index (χ0n) is 14.9. The Hall–Kier alpha value is -3.07. The van der Waals surface area contributed by atoms with Crippen molar-refractivity contribution in [3.05, 3.63) is 53.1 Å². The van der Waals surface area contributed by atoms with E-state index in [-0.39, 0.29) is 5.56 Å². The van der Waals surface area contributed by atoms with Gasteiger partial charge in [0.05, 0.1) is 5.39 Å². The molecule has 1 fully saturated rings. The average molecular weight is 367 g/mol. The molecule has 140 valence electrons. The molecule has 1 saturated heterocycles. The molecule has 4 rings (SSSR count). The zero-order valence-corrected chi connectivity index (χ0v) is 14.9. The monoisotopic (exact) mass is 367 g/mol. The molecule has 0 aliphatic carbocycles. The predicted molar refractivity (Wildman–Crippen MR) is 101 cm³/mol. The van der Waals surface area contributed by atoms with Crippen LogP contribution in [0.1, 0.15) is 6.42 Å². The number of piperazine rings is 1. The van der Waals surface area contributed by atoms with Gasteiger partial charge in [0.2, 0.25) is 5.95 Å². The van der Waals surface area contributed by atoms with E-state index in [0.29, 0.717) is 17.5 Å². The molecular weight excluding hydrogens is 346 g/mol. The summed E-state index contributed by atoms with van der Waals surface area (Å²) in [6.45, 7) is 5.02. The molecule has 3 heterocycles. The van der Waals surface area contributed by atoms with Crippen LogP contribution in [0, 0.1) is 0 Å². The molecule has 0 N–H and O–H groups in total. The maximum atomic E-state index is 12.3. The van der Waals surface area contributed by atoms with Crippen molar-refractivity contribution in [2.75, 3.05) is 44.2 Å². The van der Waals surface area contributed by atoms with Gasteiger partial charge in [-0.25, -0.2) is 9.97 Å². The first-order chi connectivity index (χ1) is 13.3. The highest BCUT2D eigenvalue weighted by Crippen LogP contribution is 2.09. The second kappa shape index (κ2) is 8.09. The number of rotatable bonds is 6. The number of nitrogens with zero attached hydrogens (tertiary/aromatic N) is 7. The van der Waals surface area contributed by atoms with Gasteiger partial charge in [0.15, 0.2) is 0 Å². The molecular formula is C18H21N7O2. The van der Waals surface area contributed by atoms with E-state index in [9.17, 15) is 4.79 Å². The number of fused-ring (bicyclic) bond motifs is 1. The molecule has 0 amide bonds. The Morgan fingerprint density at radius 2 is 1.78 bits per heavy atom. The minimum atomic E-state index is -0.280. The number of aromatic nitrogens is 5. The van der Waals surface area contributed by atoms with Crippen molar-refractivity contribution in [1.82, 2.24) is 30.0 Å². The van der Waals surface area contributed by atoms with Crippen molar-refractivity contribution in [2.24, 2.45) is 0 Å². The molecule has 0 spiro atoms. The van der Waals surface area contributed by atoms with Gasteiger partial charge in [-0.05, 0) is 34.7 Å². The minimum absolute atomic E-state index is 0.280. The van der Waals surface area contributed by atoms with Crippen LogP contribution in [0.25, 0.3) is 10.9 Å². The van der Waals surface area contributed by atoms with Crippen LogP contribution in [-0.4, -0.2) is 69.4 Å². The highest BCUT2D eigenvalue weighted by Gasteiger charge is 2.18. The van der Waals surface area contributed by atoms with Crippen molar-refractivity contribution < 1.29 is 4.84 Å². The molecule has 0 radical (unpaired) electrons. The zero-order chi connectivity index (χ0) is 18.5. The van der Waals surface area contributed by atoms with Crippen LogP contribution in [-0.2, 0) is 0 Å². The van der Waals surface area contributed by atoms with E-state index in [0.717, 1.165) is 49.9 Å². The third-order valence-corrected chi connectivity index (χ3v) is 4.58. The first-order valence-corrected chi connectivity index (χ1v) is 9.03. The van der Waals surface area contributed by atoms with Crippen LogP contribution < -0.4 is 15.3 Å². The Morgan fingerprint density at radius 3 is 2.59 bits per heavy atom. The summed E-state index contributed by atoms with van der Waals surface area (Å²) >= 11 is 0. The Morgan fingerprint density at radius 1 is 1.00 bits per heavy atom. The third kappa shape index (κ3) is 4.03. The molecule has 1 aliphatic heterocycles. The molecule has 1 aliphatic rings. The molecule has 1 aromatic carbocycles. The summed E-state index contributed by atoms with van der Waals surface area (Å²) in [5.41, 5.74) is 0.291. The van der Waals surface area contributed by atoms with E-state index in [1.807, 2.05) is 12.1 Å². The predicted octanol–water partition coefficient (Wildman–Crippen LogP) is 0.222. The van der Waals surface area contributed by atoms with E-state index < -0.39 is 0 Å². The van der Waals surface area contributed by atoms with Crippen molar-refractivity contribution >= 4 is 16.9 Å². The van der Waals surface area contributed by atoms with Gasteiger partial charge in [-0.15, -0.1) is 5.10 Å². The molecule has 9 nitrogen and oxygen atoms in total. The van der Waals surface area contributed by atoms with Crippen molar-refractivity contribution in [3.63, 3.8) is 0 Å². The summed E-state index contributed by atoms with van der Waals surface area (Å²) in [5, 5.41) is 8.35. The quantitative estimate of drug-likeness (QED) is 0.572. The van der Waals surface area contributed by atoms with Gasteiger partial charge in [0.1, 0.15) is 12.1 Å². The van der Waals surface area contributed by atoms with Crippen molar-refractivity contribution in [3.8, 4) is 0 Å². The Bertz CT molecular complexity index is 939. The lowest BCUT2D eigenvalue weighted by atomic mass is 10.2. The SMILES string of the molecule is O=c1c2ccccc2nnn1OCCCN1CCN(c2ncccn2)CC1. The summed E-state index contributed by atoms with van der Waals surface area (Å²) in [4.78, 5) is 31.9. The van der Waals surface area contributed by atoms with Crippen molar-refractivity contribution in [2.45, 2.75) is 6.42 Å². The Labute approximate surface area is 156 Å². The fourth-order valence-electron chi connectivity index (χ4n) is 3.12. The second-order valence-corrected chi connectivity index (χ2v) is 6.35. The summed E-state index contributed by atoms with van der Waals surface area (Å²) in [6.07, 6.45) is 4.34. The van der Waals surface area contributed by atoms with E-state index in [4.69, 9.17) is 4.84 Å². The minimum Gasteiger partial charge on any atom is -0.392 e. The maximum Gasteiger partial charge on any atom is 0.314 e. The van der Waals surface area contributed by atoms with E-state index in [2.05, 4.69) is 30.1 Å². The third-order valence-electron chi connectivity index (χ3n) is 4.58. The second-order valence-electron chi connectivity index (χ2n) is 6.35. The maximum absolute atomic E-state index is 12.3. The summed E-state index contributed by atoms with van der Waals surface area (Å²) in [7, 11) is 0. The van der Waals surface area contributed by atoms with Crippen LogP contribution in [0.5, 0.6) is 0 Å². The average Bonchev–Trinajstić information content (AvgIpc) is 2.74. The van der Waals surface area contributed by atoms with E-state index in [1.165, 1.54) is 0 Å². The van der Waals surface area contributed by atoms with Gasteiger partial charge in [-0.3, -0.25) is 9.69 Å². The molecule has 2 aromatic heterocycles. The van der Waals surface area contributed by atoms with Gasteiger partial charge in [0, 0.05) is 45.1 Å². The lowest BCUT2D eigenvalue weighted by Crippen LogP contribution is -2.47. The lowest BCUT2D eigenvalue weighted by molar-refractivity contribution is 0.0596. The first-order valence-electron chi connectivity index (χ1n) is 9.03. The summed E-state index contributed by atoms with van der Waals surface area (Å²) in [6, 6.07) is 8.93. The van der Waals surface area contributed by atoms with Crippen LogP contribution in [0.4, 0.5) is 5.95 Å². The largest absolute Gasteiger partial charge is 0.392 e. The fourth-order valence-corrected chi connectivity index (χ4v) is 3.12. The van der Waals surface area contributed by atoms with Gasteiger partial charge in [0.25, 0.3) is 0 Å². The first kappa shape index (κ1) is 17.3. The van der Waals surface area contributed by atoms with E-state index >= 15 is 0 Å². The molecule has 3 aromatic rings.